The fraction of sp³-hybridized carbons (Fsp3) is 0.0833. The maximum atomic E-state index is 13.0. The number of benzene rings is 1. The molecular weight excluding hydrogens is 291 g/mol. The number of thiophene rings is 1. The summed E-state index contributed by atoms with van der Waals surface area (Å²) in [4.78, 5) is 11.8. The van der Waals surface area contributed by atoms with Crippen molar-refractivity contribution in [3.63, 3.8) is 0 Å². The molecule has 0 saturated carbocycles. The van der Waals surface area contributed by atoms with Crippen LogP contribution in [0.3, 0.4) is 0 Å². The molecule has 2 rings (SSSR count). The highest BCUT2D eigenvalue weighted by atomic mass is 79.9. The van der Waals surface area contributed by atoms with Crippen LogP contribution < -0.4 is 0 Å². The fourth-order valence-electron chi connectivity index (χ4n) is 1.36. The Labute approximate surface area is 105 Å². The molecule has 0 atom stereocenters. The Balaban J connectivity index is 2.15. The van der Waals surface area contributed by atoms with Crippen LogP contribution in [0.5, 0.6) is 0 Å². The van der Waals surface area contributed by atoms with Crippen LogP contribution in [0, 0.1) is 5.82 Å². The van der Waals surface area contributed by atoms with Crippen molar-refractivity contribution < 1.29 is 9.18 Å². The highest BCUT2D eigenvalue weighted by molar-refractivity contribution is 9.10. The van der Waals surface area contributed by atoms with Gasteiger partial charge >= 0.3 is 0 Å². The van der Waals surface area contributed by atoms with Gasteiger partial charge in [-0.2, -0.15) is 11.3 Å². The molecule has 0 fully saturated rings. The summed E-state index contributed by atoms with van der Waals surface area (Å²) in [5.74, 6) is -0.258. The van der Waals surface area contributed by atoms with E-state index in [0.29, 0.717) is 16.5 Å². The highest BCUT2D eigenvalue weighted by Crippen LogP contribution is 2.18. The Morgan fingerprint density at radius 2 is 2.19 bits per heavy atom. The van der Waals surface area contributed by atoms with E-state index in [9.17, 15) is 9.18 Å². The number of Topliss-reactive ketones (excluding diaryl/α,β-unsaturated/α-hetero) is 1. The third kappa shape index (κ3) is 2.57. The van der Waals surface area contributed by atoms with E-state index >= 15 is 0 Å². The van der Waals surface area contributed by atoms with E-state index in [4.69, 9.17) is 0 Å². The number of ketones is 1. The summed E-state index contributed by atoms with van der Waals surface area (Å²) in [6, 6.07) is 6.43. The molecule has 0 unspecified atom stereocenters. The van der Waals surface area contributed by atoms with Crippen LogP contribution >= 0.6 is 27.3 Å². The minimum atomic E-state index is -0.313. The SMILES string of the molecule is O=C(Cc1ccc(F)c(Br)c1)c1ccsc1. The van der Waals surface area contributed by atoms with Gasteiger partial charge in [0.05, 0.1) is 4.47 Å². The third-order valence-corrected chi connectivity index (χ3v) is 3.48. The molecule has 1 aromatic carbocycles. The molecule has 0 aliphatic rings. The van der Waals surface area contributed by atoms with Gasteiger partial charge in [0.25, 0.3) is 0 Å². The molecule has 0 amide bonds. The Kier molecular flexibility index (Phi) is 3.51. The van der Waals surface area contributed by atoms with E-state index < -0.39 is 0 Å². The molecule has 2 aromatic rings. The summed E-state index contributed by atoms with van der Waals surface area (Å²) < 4.78 is 13.4. The molecule has 0 aliphatic carbocycles. The van der Waals surface area contributed by atoms with Crippen LogP contribution in [0.2, 0.25) is 0 Å². The summed E-state index contributed by atoms with van der Waals surface area (Å²) in [6.07, 6.45) is 0.301. The maximum Gasteiger partial charge on any atom is 0.168 e. The standard InChI is InChI=1S/C12H8BrFOS/c13-10-5-8(1-2-11(10)14)6-12(15)9-3-4-16-7-9/h1-5,7H,6H2. The van der Waals surface area contributed by atoms with Gasteiger partial charge in [-0.15, -0.1) is 0 Å². The van der Waals surface area contributed by atoms with E-state index in [1.54, 1.807) is 18.2 Å². The first-order chi connectivity index (χ1) is 7.66. The van der Waals surface area contributed by atoms with Crippen molar-refractivity contribution in [2.75, 3.05) is 0 Å². The Bertz CT molecular complexity index is 508. The van der Waals surface area contributed by atoms with Crippen LogP contribution in [0.1, 0.15) is 15.9 Å². The van der Waals surface area contributed by atoms with Crippen LogP contribution in [0.15, 0.2) is 39.5 Å². The van der Waals surface area contributed by atoms with Crippen LogP contribution in [-0.2, 0) is 6.42 Å². The number of hydrogen-bond acceptors (Lipinski definition) is 2. The quantitative estimate of drug-likeness (QED) is 0.781. The summed E-state index contributed by atoms with van der Waals surface area (Å²) in [7, 11) is 0. The molecule has 0 radical (unpaired) electrons. The first-order valence-corrected chi connectivity index (χ1v) is 6.40. The Hall–Kier alpha value is -1.00. The molecule has 0 N–H and O–H groups in total. The van der Waals surface area contributed by atoms with Crippen molar-refractivity contribution in [2.45, 2.75) is 6.42 Å². The summed E-state index contributed by atoms with van der Waals surface area (Å²) in [5, 5.41) is 3.69. The lowest BCUT2D eigenvalue weighted by Crippen LogP contribution is -2.02. The largest absolute Gasteiger partial charge is 0.294 e. The average molecular weight is 299 g/mol. The zero-order valence-corrected chi connectivity index (χ0v) is 10.6. The molecular formula is C12H8BrFOS. The van der Waals surface area contributed by atoms with Crippen molar-refractivity contribution in [3.05, 3.63) is 56.4 Å². The zero-order valence-electron chi connectivity index (χ0n) is 8.24. The number of carbonyl (C=O) groups excluding carboxylic acids is 1. The molecule has 1 aromatic heterocycles. The van der Waals surface area contributed by atoms with Gasteiger partial charge < -0.3 is 0 Å². The predicted octanol–water partition coefficient (Wildman–Crippen LogP) is 4.08. The number of carbonyl (C=O) groups is 1. The number of hydrogen-bond donors (Lipinski definition) is 0. The second kappa shape index (κ2) is 4.89. The first-order valence-electron chi connectivity index (χ1n) is 4.66. The Morgan fingerprint density at radius 3 is 2.81 bits per heavy atom. The Morgan fingerprint density at radius 1 is 1.38 bits per heavy atom. The van der Waals surface area contributed by atoms with Gasteiger partial charge in [0.1, 0.15) is 5.82 Å². The van der Waals surface area contributed by atoms with Crippen molar-refractivity contribution >= 4 is 33.0 Å². The number of halogens is 2. The zero-order chi connectivity index (χ0) is 11.5. The van der Waals surface area contributed by atoms with Gasteiger partial charge in [-0.25, -0.2) is 4.39 Å². The van der Waals surface area contributed by atoms with E-state index in [0.717, 1.165) is 5.56 Å². The van der Waals surface area contributed by atoms with Crippen molar-refractivity contribution in [3.8, 4) is 0 Å². The lowest BCUT2D eigenvalue weighted by atomic mass is 10.1. The molecule has 1 heterocycles. The minimum Gasteiger partial charge on any atom is -0.294 e. The van der Waals surface area contributed by atoms with Crippen molar-refractivity contribution in [1.82, 2.24) is 0 Å². The molecule has 0 spiro atoms. The van der Waals surface area contributed by atoms with Crippen molar-refractivity contribution in [2.24, 2.45) is 0 Å². The van der Waals surface area contributed by atoms with Gasteiger partial charge in [0.2, 0.25) is 0 Å². The second-order valence-electron chi connectivity index (χ2n) is 3.36. The molecule has 0 bridgehead atoms. The summed E-state index contributed by atoms with van der Waals surface area (Å²) >= 11 is 4.59. The minimum absolute atomic E-state index is 0.0553. The van der Waals surface area contributed by atoms with E-state index in [-0.39, 0.29) is 11.6 Å². The monoisotopic (exact) mass is 298 g/mol. The van der Waals surface area contributed by atoms with E-state index in [2.05, 4.69) is 15.9 Å². The van der Waals surface area contributed by atoms with E-state index in [1.165, 1.54) is 17.4 Å². The highest BCUT2D eigenvalue weighted by Gasteiger charge is 2.08. The number of rotatable bonds is 3. The van der Waals surface area contributed by atoms with Gasteiger partial charge in [-0.05, 0) is 45.1 Å². The molecule has 0 saturated heterocycles. The average Bonchev–Trinajstić information content (AvgIpc) is 2.77. The molecule has 1 nitrogen and oxygen atoms in total. The van der Waals surface area contributed by atoms with Crippen LogP contribution in [-0.4, -0.2) is 5.78 Å². The lowest BCUT2D eigenvalue weighted by Gasteiger charge is -2.01. The molecule has 16 heavy (non-hydrogen) atoms. The first kappa shape index (κ1) is 11.5. The summed E-state index contributed by atoms with van der Waals surface area (Å²) in [6.45, 7) is 0. The second-order valence-corrected chi connectivity index (χ2v) is 4.99. The van der Waals surface area contributed by atoms with E-state index in [1.807, 2.05) is 10.8 Å². The molecule has 4 heteroatoms. The van der Waals surface area contributed by atoms with Gasteiger partial charge in [-0.1, -0.05) is 6.07 Å². The van der Waals surface area contributed by atoms with Gasteiger partial charge in [0, 0.05) is 17.4 Å². The fourth-order valence-corrected chi connectivity index (χ4v) is 2.45. The molecule has 0 aliphatic heterocycles. The maximum absolute atomic E-state index is 13.0. The molecule has 82 valence electrons. The predicted molar refractivity (Wildman–Crippen MR) is 66.5 cm³/mol. The van der Waals surface area contributed by atoms with Gasteiger partial charge in [-0.3, -0.25) is 4.79 Å². The van der Waals surface area contributed by atoms with Gasteiger partial charge in [0.15, 0.2) is 5.78 Å². The third-order valence-electron chi connectivity index (χ3n) is 2.19. The topological polar surface area (TPSA) is 17.1 Å². The lowest BCUT2D eigenvalue weighted by molar-refractivity contribution is 0.0993. The van der Waals surface area contributed by atoms with Crippen molar-refractivity contribution in [1.29, 1.82) is 0 Å². The normalized spacial score (nSPS) is 10.4. The van der Waals surface area contributed by atoms with Crippen LogP contribution in [0.25, 0.3) is 0 Å². The smallest absolute Gasteiger partial charge is 0.168 e. The summed E-state index contributed by atoms with van der Waals surface area (Å²) in [5.41, 5.74) is 1.52. The van der Waals surface area contributed by atoms with Crippen LogP contribution in [0.4, 0.5) is 4.39 Å².